The van der Waals surface area contributed by atoms with E-state index < -0.39 is 0 Å². The zero-order valence-electron chi connectivity index (χ0n) is 9.70. The number of aryl methyl sites for hydroxylation is 1. The average Bonchev–Trinajstić information content (AvgIpc) is 3.00. The molecule has 1 fully saturated rings. The van der Waals surface area contributed by atoms with E-state index in [0.29, 0.717) is 0 Å². The van der Waals surface area contributed by atoms with Crippen LogP contribution in [0.5, 0.6) is 0 Å². The van der Waals surface area contributed by atoms with Gasteiger partial charge < -0.3 is 4.98 Å². The van der Waals surface area contributed by atoms with Gasteiger partial charge >= 0.3 is 0 Å². The number of nitrogens with zero attached hydrogens (tertiary/aromatic N) is 2. The van der Waals surface area contributed by atoms with Crippen LogP contribution in [0.3, 0.4) is 0 Å². The van der Waals surface area contributed by atoms with Crippen LogP contribution in [0.15, 0.2) is 30.5 Å². The monoisotopic (exact) mass is 223 g/mol. The van der Waals surface area contributed by atoms with Crippen molar-refractivity contribution >= 4 is 0 Å². The molecule has 0 amide bonds. The average molecular weight is 223 g/mol. The van der Waals surface area contributed by atoms with Gasteiger partial charge in [-0.25, -0.2) is 4.98 Å². The number of rotatable bonds is 2. The van der Waals surface area contributed by atoms with Crippen LogP contribution >= 0.6 is 0 Å². The van der Waals surface area contributed by atoms with Gasteiger partial charge in [0.05, 0.1) is 18.0 Å². The van der Waals surface area contributed by atoms with Crippen molar-refractivity contribution in [2.24, 2.45) is 0 Å². The Morgan fingerprint density at radius 1 is 1.29 bits per heavy atom. The molecule has 1 aliphatic rings. The summed E-state index contributed by atoms with van der Waals surface area (Å²) in [6.45, 7) is 2.07. The van der Waals surface area contributed by atoms with Gasteiger partial charge in [-0.1, -0.05) is 29.8 Å². The molecule has 2 aromatic rings. The molecule has 1 heterocycles. The van der Waals surface area contributed by atoms with Gasteiger partial charge in [-0.3, -0.25) is 0 Å². The number of nitrogens with one attached hydrogen (secondary N) is 1. The SMILES string of the molecule is Cc1ccc(-c2cnc(C3(C#N)CC3)[nH]2)cc1. The van der Waals surface area contributed by atoms with Crippen LogP contribution in [-0.2, 0) is 5.41 Å². The molecule has 17 heavy (non-hydrogen) atoms. The van der Waals surface area contributed by atoms with E-state index in [2.05, 4.69) is 47.2 Å². The van der Waals surface area contributed by atoms with Crippen LogP contribution in [-0.4, -0.2) is 9.97 Å². The zero-order valence-corrected chi connectivity index (χ0v) is 9.70. The number of aromatic nitrogens is 2. The summed E-state index contributed by atoms with van der Waals surface area (Å²) >= 11 is 0. The van der Waals surface area contributed by atoms with E-state index in [1.807, 2.05) is 6.20 Å². The minimum absolute atomic E-state index is 0.330. The van der Waals surface area contributed by atoms with Gasteiger partial charge in [-0.2, -0.15) is 5.26 Å². The summed E-state index contributed by atoms with van der Waals surface area (Å²) in [4.78, 5) is 7.61. The summed E-state index contributed by atoms with van der Waals surface area (Å²) < 4.78 is 0. The molecule has 0 saturated heterocycles. The number of H-pyrrole nitrogens is 1. The van der Waals surface area contributed by atoms with Crippen molar-refractivity contribution in [1.82, 2.24) is 9.97 Å². The molecule has 1 aromatic heterocycles. The maximum Gasteiger partial charge on any atom is 0.127 e. The number of benzene rings is 1. The third-order valence-corrected chi connectivity index (χ3v) is 3.36. The van der Waals surface area contributed by atoms with E-state index in [1.165, 1.54) is 5.56 Å². The highest BCUT2D eigenvalue weighted by Crippen LogP contribution is 2.46. The lowest BCUT2D eigenvalue weighted by molar-refractivity contribution is 0.822. The lowest BCUT2D eigenvalue weighted by Gasteiger charge is -2.00. The van der Waals surface area contributed by atoms with Crippen molar-refractivity contribution < 1.29 is 0 Å². The van der Waals surface area contributed by atoms with Crippen LogP contribution in [0.2, 0.25) is 0 Å². The maximum absolute atomic E-state index is 9.12. The highest BCUT2D eigenvalue weighted by molar-refractivity contribution is 5.59. The molecule has 0 aliphatic heterocycles. The van der Waals surface area contributed by atoms with E-state index in [9.17, 15) is 0 Å². The maximum atomic E-state index is 9.12. The second kappa shape index (κ2) is 3.46. The van der Waals surface area contributed by atoms with Crippen LogP contribution < -0.4 is 0 Å². The van der Waals surface area contributed by atoms with Crippen molar-refractivity contribution in [2.45, 2.75) is 25.2 Å². The molecular formula is C14H13N3. The Kier molecular flexibility index (Phi) is 2.05. The number of hydrogen-bond acceptors (Lipinski definition) is 2. The molecule has 0 radical (unpaired) electrons. The van der Waals surface area contributed by atoms with E-state index >= 15 is 0 Å². The lowest BCUT2D eigenvalue weighted by Crippen LogP contribution is -2.04. The minimum atomic E-state index is -0.330. The molecule has 1 N–H and O–H groups in total. The Morgan fingerprint density at radius 3 is 2.59 bits per heavy atom. The third kappa shape index (κ3) is 1.62. The first-order valence-corrected chi connectivity index (χ1v) is 5.77. The van der Waals surface area contributed by atoms with Gasteiger partial charge in [0.25, 0.3) is 0 Å². The molecule has 84 valence electrons. The molecule has 0 bridgehead atoms. The molecule has 3 heteroatoms. The van der Waals surface area contributed by atoms with Crippen LogP contribution in [0.4, 0.5) is 0 Å². The number of hydrogen-bond donors (Lipinski definition) is 1. The van der Waals surface area contributed by atoms with Crippen molar-refractivity contribution in [2.75, 3.05) is 0 Å². The highest BCUT2D eigenvalue weighted by Gasteiger charge is 2.47. The Labute approximate surface area is 100 Å². The van der Waals surface area contributed by atoms with E-state index in [0.717, 1.165) is 29.9 Å². The molecule has 1 aliphatic carbocycles. The Morgan fingerprint density at radius 2 is 2.00 bits per heavy atom. The molecule has 3 nitrogen and oxygen atoms in total. The Balaban J connectivity index is 1.96. The molecular weight excluding hydrogens is 210 g/mol. The summed E-state index contributed by atoms with van der Waals surface area (Å²) in [7, 11) is 0. The topological polar surface area (TPSA) is 52.5 Å². The van der Waals surface area contributed by atoms with Gasteiger partial charge in [0.1, 0.15) is 11.2 Å². The molecule has 1 aromatic carbocycles. The quantitative estimate of drug-likeness (QED) is 0.851. The standard InChI is InChI=1S/C14H13N3/c1-10-2-4-11(5-3-10)12-8-16-13(17-12)14(9-15)6-7-14/h2-5,8H,6-7H2,1H3,(H,16,17). The first-order chi connectivity index (χ1) is 8.23. The summed E-state index contributed by atoms with van der Waals surface area (Å²) in [5.41, 5.74) is 3.01. The van der Waals surface area contributed by atoms with E-state index in [1.54, 1.807) is 0 Å². The van der Waals surface area contributed by atoms with Gasteiger partial charge in [0.2, 0.25) is 0 Å². The second-order valence-electron chi connectivity index (χ2n) is 4.71. The second-order valence-corrected chi connectivity index (χ2v) is 4.71. The fraction of sp³-hybridized carbons (Fsp3) is 0.286. The first kappa shape index (κ1) is 10.1. The van der Waals surface area contributed by atoms with Crippen molar-refractivity contribution in [3.05, 3.63) is 41.9 Å². The van der Waals surface area contributed by atoms with Crippen LogP contribution in [0, 0.1) is 18.3 Å². The lowest BCUT2D eigenvalue weighted by atomic mass is 10.1. The van der Waals surface area contributed by atoms with Crippen LogP contribution in [0.1, 0.15) is 24.2 Å². The number of aromatic amines is 1. The Bertz CT molecular complexity index is 583. The predicted octanol–water partition coefficient (Wildman–Crippen LogP) is 2.94. The highest BCUT2D eigenvalue weighted by atomic mass is 15.0. The van der Waals surface area contributed by atoms with Gasteiger partial charge in [0, 0.05) is 0 Å². The van der Waals surface area contributed by atoms with Gasteiger partial charge in [-0.15, -0.1) is 0 Å². The summed E-state index contributed by atoms with van der Waals surface area (Å²) in [6.07, 6.45) is 3.66. The van der Waals surface area contributed by atoms with Crippen LogP contribution in [0.25, 0.3) is 11.3 Å². The number of nitriles is 1. The van der Waals surface area contributed by atoms with E-state index in [-0.39, 0.29) is 5.41 Å². The Hall–Kier alpha value is -2.08. The first-order valence-electron chi connectivity index (χ1n) is 5.77. The molecule has 0 unspecified atom stereocenters. The van der Waals surface area contributed by atoms with Crippen molar-refractivity contribution in [1.29, 1.82) is 5.26 Å². The zero-order chi connectivity index (χ0) is 11.9. The number of imidazole rings is 1. The predicted molar refractivity (Wildman–Crippen MR) is 65.3 cm³/mol. The summed E-state index contributed by atoms with van der Waals surface area (Å²) in [6, 6.07) is 10.6. The molecule has 3 rings (SSSR count). The van der Waals surface area contributed by atoms with Crippen molar-refractivity contribution in [3.8, 4) is 17.3 Å². The smallest absolute Gasteiger partial charge is 0.127 e. The largest absolute Gasteiger partial charge is 0.341 e. The molecule has 1 saturated carbocycles. The normalized spacial score (nSPS) is 16.5. The van der Waals surface area contributed by atoms with Gasteiger partial charge in [-0.05, 0) is 25.3 Å². The fourth-order valence-corrected chi connectivity index (χ4v) is 1.97. The van der Waals surface area contributed by atoms with Crippen molar-refractivity contribution in [3.63, 3.8) is 0 Å². The molecule has 0 spiro atoms. The summed E-state index contributed by atoms with van der Waals surface area (Å²) in [5, 5.41) is 9.12. The third-order valence-electron chi connectivity index (χ3n) is 3.36. The molecule has 0 atom stereocenters. The minimum Gasteiger partial charge on any atom is -0.341 e. The summed E-state index contributed by atoms with van der Waals surface area (Å²) in [5.74, 6) is 0.815. The fourth-order valence-electron chi connectivity index (χ4n) is 1.97. The van der Waals surface area contributed by atoms with E-state index in [4.69, 9.17) is 5.26 Å². The van der Waals surface area contributed by atoms with Gasteiger partial charge in [0.15, 0.2) is 0 Å².